The topological polar surface area (TPSA) is 42.4 Å². The molecule has 1 aromatic carbocycles. The Morgan fingerprint density at radius 1 is 1.24 bits per heavy atom. The fourth-order valence-corrected chi connectivity index (χ4v) is 3.15. The van der Waals surface area contributed by atoms with Crippen molar-refractivity contribution in [2.45, 2.75) is 46.1 Å². The lowest BCUT2D eigenvalue weighted by Gasteiger charge is -2.08. The summed E-state index contributed by atoms with van der Waals surface area (Å²) in [6, 6.07) is 8.27. The van der Waals surface area contributed by atoms with Gasteiger partial charge in [-0.05, 0) is 30.0 Å². The van der Waals surface area contributed by atoms with Crippen molar-refractivity contribution >= 4 is 11.3 Å². The third-order valence-corrected chi connectivity index (χ3v) is 4.57. The summed E-state index contributed by atoms with van der Waals surface area (Å²) in [4.78, 5) is 5.53. The smallest absolute Gasteiger partial charge is 0.119 e. The average molecular weight is 305 g/mol. The Kier molecular flexibility index (Phi) is 5.76. The summed E-state index contributed by atoms with van der Waals surface area (Å²) >= 11 is 1.58. The standard InChI is InChI=1S/C17H23NO2S/c1-4-15-16(11-19)21-17(18-15)9-10-20-14-7-5-13(6-8-14)12(2)3/h5-8,12,19H,4,9-11H2,1-3H3. The molecule has 0 atom stereocenters. The fraction of sp³-hybridized carbons (Fsp3) is 0.471. The number of aromatic nitrogens is 1. The summed E-state index contributed by atoms with van der Waals surface area (Å²) in [6.07, 6.45) is 1.65. The largest absolute Gasteiger partial charge is 0.493 e. The van der Waals surface area contributed by atoms with Gasteiger partial charge in [0.1, 0.15) is 5.75 Å². The second kappa shape index (κ2) is 7.57. The molecule has 2 aromatic rings. The predicted octanol–water partition coefficient (Wildman–Crippen LogP) is 3.94. The highest BCUT2D eigenvalue weighted by Gasteiger charge is 2.08. The van der Waals surface area contributed by atoms with E-state index in [1.54, 1.807) is 11.3 Å². The predicted molar refractivity (Wildman–Crippen MR) is 87.1 cm³/mol. The van der Waals surface area contributed by atoms with E-state index >= 15 is 0 Å². The third kappa shape index (κ3) is 4.29. The Balaban J connectivity index is 1.87. The molecule has 0 saturated carbocycles. The molecule has 0 fully saturated rings. The molecule has 1 heterocycles. The molecule has 0 saturated heterocycles. The van der Waals surface area contributed by atoms with Crippen molar-refractivity contribution < 1.29 is 9.84 Å². The molecule has 1 N–H and O–H groups in total. The summed E-state index contributed by atoms with van der Waals surface area (Å²) in [5.41, 5.74) is 2.33. The average Bonchev–Trinajstić information content (AvgIpc) is 2.90. The van der Waals surface area contributed by atoms with Crippen LogP contribution in [-0.2, 0) is 19.4 Å². The Labute approximate surface area is 130 Å². The third-order valence-electron chi connectivity index (χ3n) is 3.43. The van der Waals surface area contributed by atoms with Crippen molar-refractivity contribution in [2.75, 3.05) is 6.61 Å². The van der Waals surface area contributed by atoms with Crippen molar-refractivity contribution in [3.05, 3.63) is 45.4 Å². The van der Waals surface area contributed by atoms with Crippen molar-refractivity contribution in [2.24, 2.45) is 0 Å². The molecule has 0 spiro atoms. The first-order valence-electron chi connectivity index (χ1n) is 7.45. The highest BCUT2D eigenvalue weighted by atomic mass is 32.1. The highest BCUT2D eigenvalue weighted by Crippen LogP contribution is 2.21. The zero-order valence-electron chi connectivity index (χ0n) is 12.9. The van der Waals surface area contributed by atoms with E-state index in [1.807, 2.05) is 12.1 Å². The van der Waals surface area contributed by atoms with Crippen LogP contribution in [0.2, 0.25) is 0 Å². The SMILES string of the molecule is CCc1nc(CCOc2ccc(C(C)C)cc2)sc1CO. The van der Waals surface area contributed by atoms with Crippen LogP contribution in [0.25, 0.3) is 0 Å². The van der Waals surface area contributed by atoms with Crippen molar-refractivity contribution in [1.29, 1.82) is 0 Å². The van der Waals surface area contributed by atoms with Crippen LogP contribution in [0.4, 0.5) is 0 Å². The van der Waals surface area contributed by atoms with E-state index in [0.717, 1.165) is 34.2 Å². The first-order valence-corrected chi connectivity index (χ1v) is 8.26. The maximum Gasteiger partial charge on any atom is 0.119 e. The maximum absolute atomic E-state index is 9.28. The minimum Gasteiger partial charge on any atom is -0.493 e. The highest BCUT2D eigenvalue weighted by molar-refractivity contribution is 7.11. The van der Waals surface area contributed by atoms with E-state index in [4.69, 9.17) is 4.74 Å². The van der Waals surface area contributed by atoms with Gasteiger partial charge in [-0.3, -0.25) is 0 Å². The first-order chi connectivity index (χ1) is 10.1. The lowest BCUT2D eigenvalue weighted by Crippen LogP contribution is -2.01. The van der Waals surface area contributed by atoms with E-state index in [0.29, 0.717) is 12.5 Å². The maximum atomic E-state index is 9.28. The van der Waals surface area contributed by atoms with Crippen LogP contribution >= 0.6 is 11.3 Å². The second-order valence-electron chi connectivity index (χ2n) is 5.31. The number of thiazole rings is 1. The van der Waals surface area contributed by atoms with Gasteiger partial charge in [-0.25, -0.2) is 4.98 Å². The van der Waals surface area contributed by atoms with Gasteiger partial charge in [-0.1, -0.05) is 32.9 Å². The monoisotopic (exact) mass is 305 g/mol. The molecule has 0 aliphatic carbocycles. The molecule has 1 aromatic heterocycles. The van der Waals surface area contributed by atoms with Gasteiger partial charge >= 0.3 is 0 Å². The van der Waals surface area contributed by atoms with Gasteiger partial charge < -0.3 is 9.84 Å². The van der Waals surface area contributed by atoms with E-state index < -0.39 is 0 Å². The van der Waals surface area contributed by atoms with Gasteiger partial charge in [-0.2, -0.15) is 0 Å². The number of aliphatic hydroxyl groups is 1. The lowest BCUT2D eigenvalue weighted by molar-refractivity contribution is 0.284. The van der Waals surface area contributed by atoms with Crippen molar-refractivity contribution in [3.8, 4) is 5.75 Å². The van der Waals surface area contributed by atoms with Crippen LogP contribution in [0.1, 0.15) is 47.8 Å². The van der Waals surface area contributed by atoms with Crippen LogP contribution in [0.5, 0.6) is 5.75 Å². The molecular weight excluding hydrogens is 282 g/mol. The molecule has 0 radical (unpaired) electrons. The molecule has 0 bridgehead atoms. The van der Waals surface area contributed by atoms with Crippen LogP contribution < -0.4 is 4.74 Å². The van der Waals surface area contributed by atoms with E-state index in [2.05, 4.69) is 37.9 Å². The Bertz CT molecular complexity index is 539. The zero-order chi connectivity index (χ0) is 15.2. The number of aryl methyl sites for hydroxylation is 1. The molecule has 0 aliphatic heterocycles. The summed E-state index contributed by atoms with van der Waals surface area (Å²) in [6.45, 7) is 7.12. The normalized spacial score (nSPS) is 11.1. The van der Waals surface area contributed by atoms with Gasteiger partial charge in [0.2, 0.25) is 0 Å². The summed E-state index contributed by atoms with van der Waals surface area (Å²) in [7, 11) is 0. The molecule has 0 aliphatic rings. The lowest BCUT2D eigenvalue weighted by atomic mass is 10.0. The Morgan fingerprint density at radius 3 is 2.48 bits per heavy atom. The zero-order valence-corrected chi connectivity index (χ0v) is 13.7. The molecule has 2 rings (SSSR count). The summed E-state index contributed by atoms with van der Waals surface area (Å²) < 4.78 is 5.77. The minimum absolute atomic E-state index is 0.0817. The molecule has 21 heavy (non-hydrogen) atoms. The second-order valence-corrected chi connectivity index (χ2v) is 6.48. The van der Waals surface area contributed by atoms with Crippen LogP contribution in [0, 0.1) is 0 Å². The van der Waals surface area contributed by atoms with Gasteiger partial charge in [0.15, 0.2) is 0 Å². The number of hydrogen-bond donors (Lipinski definition) is 1. The molecule has 4 heteroatoms. The quantitative estimate of drug-likeness (QED) is 0.842. The van der Waals surface area contributed by atoms with E-state index in [9.17, 15) is 5.11 Å². The number of ether oxygens (including phenoxy) is 1. The Morgan fingerprint density at radius 2 is 1.95 bits per heavy atom. The van der Waals surface area contributed by atoms with Crippen molar-refractivity contribution in [1.82, 2.24) is 4.98 Å². The first kappa shape index (κ1) is 16.0. The van der Waals surface area contributed by atoms with Crippen LogP contribution in [0.3, 0.4) is 0 Å². The summed E-state index contributed by atoms with van der Waals surface area (Å²) in [5.74, 6) is 1.44. The number of aliphatic hydroxyl groups excluding tert-OH is 1. The number of rotatable bonds is 7. The molecule has 114 valence electrons. The molecule has 3 nitrogen and oxygen atoms in total. The Hall–Kier alpha value is -1.39. The van der Waals surface area contributed by atoms with Gasteiger partial charge in [0, 0.05) is 6.42 Å². The fourth-order valence-electron chi connectivity index (χ4n) is 2.15. The minimum atomic E-state index is 0.0817. The number of benzene rings is 1. The van der Waals surface area contributed by atoms with Gasteiger partial charge in [-0.15, -0.1) is 11.3 Å². The van der Waals surface area contributed by atoms with Gasteiger partial charge in [0.05, 0.1) is 28.8 Å². The summed E-state index contributed by atoms with van der Waals surface area (Å²) in [5, 5.41) is 10.3. The number of nitrogens with zero attached hydrogens (tertiary/aromatic N) is 1. The van der Waals surface area contributed by atoms with Crippen LogP contribution in [-0.4, -0.2) is 16.7 Å². The molecular formula is C17H23NO2S. The molecule has 0 unspecified atom stereocenters. The molecule has 0 amide bonds. The van der Waals surface area contributed by atoms with Crippen molar-refractivity contribution in [3.63, 3.8) is 0 Å². The van der Waals surface area contributed by atoms with E-state index in [1.165, 1.54) is 5.56 Å². The van der Waals surface area contributed by atoms with Crippen LogP contribution in [0.15, 0.2) is 24.3 Å². The van der Waals surface area contributed by atoms with E-state index in [-0.39, 0.29) is 6.61 Å². The number of hydrogen-bond acceptors (Lipinski definition) is 4. The van der Waals surface area contributed by atoms with Gasteiger partial charge in [0.25, 0.3) is 0 Å².